The van der Waals surface area contributed by atoms with E-state index >= 15 is 0 Å². The van der Waals surface area contributed by atoms with Gasteiger partial charge in [0, 0.05) is 117 Å². The molecular weight excluding hydrogens is 1140 g/mol. The number of guanidine groups is 1. The zero-order chi connectivity index (χ0) is 52.7. The van der Waals surface area contributed by atoms with Crippen LogP contribution in [0.2, 0.25) is 0 Å². The minimum atomic E-state index is -1.84. The summed E-state index contributed by atoms with van der Waals surface area (Å²) >= 11 is 0. The van der Waals surface area contributed by atoms with Crippen molar-refractivity contribution in [2.45, 2.75) is 56.6 Å². The summed E-state index contributed by atoms with van der Waals surface area (Å²) in [5.74, 6) is -5.09. The first-order valence-corrected chi connectivity index (χ1v) is 24.1. The van der Waals surface area contributed by atoms with Crippen molar-refractivity contribution in [1.82, 2.24) is 45.8 Å². The molecule has 4 radical (unpaired) electrons. The Morgan fingerprint density at radius 3 is 1.58 bits per heavy atom. The molecule has 2 heterocycles. The number of rotatable bonds is 25. The average Bonchev–Trinajstić information content (AvgIpc) is 3.73. The van der Waals surface area contributed by atoms with Gasteiger partial charge in [-0.3, -0.25) is 62.9 Å². The summed E-state index contributed by atoms with van der Waals surface area (Å²) in [6, 6.07) is 8.91. The van der Waals surface area contributed by atoms with Crippen LogP contribution >= 0.6 is 0 Å². The van der Waals surface area contributed by atoms with E-state index in [-0.39, 0.29) is 103 Å². The molecule has 400 valence electrons. The number of aliphatic hydroxyl groups is 1. The maximum absolute atomic E-state index is 13.6. The molecule has 0 aliphatic carbocycles. The van der Waals surface area contributed by atoms with Gasteiger partial charge in [0.25, 0.3) is 11.8 Å². The number of unbranched alkanes of at least 4 members (excludes halogenated alkanes) is 2. The fourth-order valence-electron chi connectivity index (χ4n) is 8.61. The van der Waals surface area contributed by atoms with Gasteiger partial charge >= 0.3 is 7.12 Å². The molecule has 17 N–H and O–H groups in total. The van der Waals surface area contributed by atoms with E-state index in [1.807, 2.05) is 19.6 Å². The zero-order valence-electron chi connectivity index (χ0n) is 41.2. The number of nitrogens with zero attached hydrogens (tertiary/aromatic N) is 6. The number of hydrogen-bond acceptors (Lipinski definition) is 16. The molecule has 28 heteroatoms. The van der Waals surface area contributed by atoms with E-state index in [9.17, 15) is 53.5 Å². The van der Waals surface area contributed by atoms with Crippen LogP contribution in [0.5, 0.6) is 0 Å². The molecule has 0 spiro atoms. The summed E-state index contributed by atoms with van der Waals surface area (Å²) in [6.45, 7) is 2.89. The van der Waals surface area contributed by atoms with Gasteiger partial charge in [0.1, 0.15) is 6.04 Å². The molecule has 2 aromatic carbocycles. The number of carbonyl (C=O) groups excluding carboxylic acids is 8. The standard InChI is InChI=1S/C45H72BN15O11.Pb/c47-37(63)26-57-15-17-58(27-38(48)64)19-21-60(22-20-59(18-16-57)28-39(49)65)29-40(66)56-35(9-6-14-54-45(50)51)44(70)53-13-5-1-4-12-52-42(68)33-10-11-34(32-8-3-2-7-31(32)33)43(69)55-24-41(67)61-25-30(62)23-36(61)46(71)72;/h2-3,7-8,10-11,30,35-36,62,71-72H,1,4-6,9,12-29H2,(H2,47,63)(H2,48,64)(H2,49,65)(H,52,68)(H,53,70)(H,55,69)(H,56,66)(H4,50,51,54);. The number of nitrogens with one attached hydrogen (secondary N) is 4. The van der Waals surface area contributed by atoms with Crippen LogP contribution in [-0.4, -0.2) is 257 Å². The monoisotopic (exact) mass is 1220 g/mol. The normalized spacial score (nSPS) is 17.7. The van der Waals surface area contributed by atoms with E-state index in [4.69, 9.17) is 28.7 Å². The van der Waals surface area contributed by atoms with E-state index in [0.717, 1.165) is 4.90 Å². The number of amides is 8. The van der Waals surface area contributed by atoms with Gasteiger partial charge in [-0.25, -0.2) is 0 Å². The van der Waals surface area contributed by atoms with Crippen LogP contribution in [0.1, 0.15) is 59.2 Å². The Morgan fingerprint density at radius 1 is 0.644 bits per heavy atom. The number of nitrogens with two attached hydrogens (primary N) is 5. The summed E-state index contributed by atoms with van der Waals surface area (Å²) in [5.41, 5.74) is 28.1. The average molecular weight is 1220 g/mol. The first kappa shape index (κ1) is 61.7. The largest absolute Gasteiger partial charge is 0.475 e. The molecule has 73 heavy (non-hydrogen) atoms. The second-order valence-electron chi connectivity index (χ2n) is 18.0. The molecule has 2 aromatic rings. The molecule has 3 unspecified atom stereocenters. The Balaban J connectivity index is 0.0000141. The summed E-state index contributed by atoms with van der Waals surface area (Å²) < 4.78 is 0. The summed E-state index contributed by atoms with van der Waals surface area (Å²) in [7, 11) is -1.84. The van der Waals surface area contributed by atoms with Gasteiger partial charge in [0.05, 0.1) is 44.8 Å². The number of benzene rings is 2. The van der Waals surface area contributed by atoms with Crippen LogP contribution < -0.4 is 49.9 Å². The molecule has 2 saturated heterocycles. The number of aliphatic hydroxyl groups excluding tert-OH is 1. The van der Waals surface area contributed by atoms with Crippen LogP contribution in [0, 0.1) is 0 Å². The minimum absolute atomic E-state index is 0. The molecule has 26 nitrogen and oxygen atoms in total. The number of primary amides is 3. The van der Waals surface area contributed by atoms with Crippen molar-refractivity contribution in [2.24, 2.45) is 33.7 Å². The summed E-state index contributed by atoms with van der Waals surface area (Å²) in [6.07, 6.45) is 1.45. The maximum atomic E-state index is 13.6. The van der Waals surface area contributed by atoms with Crippen LogP contribution in [0.15, 0.2) is 41.4 Å². The fraction of sp³-hybridized carbons (Fsp3) is 0.578. The van der Waals surface area contributed by atoms with Crippen molar-refractivity contribution in [1.29, 1.82) is 0 Å². The Morgan fingerprint density at radius 2 is 1.11 bits per heavy atom. The molecule has 8 amide bonds. The van der Waals surface area contributed by atoms with Crippen LogP contribution in [-0.2, 0) is 28.8 Å². The van der Waals surface area contributed by atoms with Crippen LogP contribution in [0.4, 0.5) is 0 Å². The molecule has 2 fully saturated rings. The Bertz CT molecular complexity index is 2190. The number of fused-ring (bicyclic) bond motifs is 1. The number of carbonyl (C=O) groups is 8. The first-order valence-electron chi connectivity index (χ1n) is 24.1. The SMILES string of the molecule is NC(=O)CN1CCN(CC(N)=O)CCN(CC(=O)NC(CCCN=C(N)N)C(=O)NCCCCCNC(=O)c2ccc(C(=O)NCC(=O)N3CC(O)CC3B(O)O)c3ccccc23)CCN(CC(N)=O)CC1.[Pb]. The predicted molar refractivity (Wildman–Crippen MR) is 273 cm³/mol. The molecule has 4 rings (SSSR count). The van der Waals surface area contributed by atoms with Crippen molar-refractivity contribution < 1.29 is 53.5 Å². The van der Waals surface area contributed by atoms with Crippen molar-refractivity contribution in [3.05, 3.63) is 47.5 Å². The molecule has 3 atom stereocenters. The van der Waals surface area contributed by atoms with Gasteiger partial charge in [0.2, 0.25) is 35.4 Å². The van der Waals surface area contributed by atoms with Gasteiger partial charge in [-0.1, -0.05) is 24.3 Å². The first-order chi connectivity index (χ1) is 34.3. The maximum Gasteiger partial charge on any atom is 0.475 e. The van der Waals surface area contributed by atoms with Gasteiger partial charge in [-0.15, -0.1) is 0 Å². The van der Waals surface area contributed by atoms with Gasteiger partial charge in [0.15, 0.2) is 5.96 Å². The zero-order valence-corrected chi connectivity index (χ0v) is 45.1. The van der Waals surface area contributed by atoms with Crippen LogP contribution in [0.3, 0.4) is 0 Å². The second kappa shape index (κ2) is 31.9. The topological polar surface area (TPSA) is 404 Å². The number of hydrogen-bond donors (Lipinski definition) is 12. The molecular formula is C45H72BN15O11Pb. The number of aliphatic imine (C=N–C) groups is 1. The smallest absolute Gasteiger partial charge is 0.426 e. The Labute approximate surface area is 444 Å². The van der Waals surface area contributed by atoms with Crippen molar-refractivity contribution in [2.75, 3.05) is 111 Å². The van der Waals surface area contributed by atoms with Gasteiger partial charge < -0.3 is 70.0 Å². The molecule has 2 aliphatic rings. The molecule has 0 aromatic heterocycles. The Kier molecular flexibility index (Phi) is 27.0. The van der Waals surface area contributed by atoms with E-state index in [2.05, 4.69) is 26.3 Å². The molecule has 2 aliphatic heterocycles. The van der Waals surface area contributed by atoms with Crippen molar-refractivity contribution >= 4 is 98.4 Å². The molecule has 0 saturated carbocycles. The third kappa shape index (κ3) is 21.8. The third-order valence-corrected chi connectivity index (χ3v) is 12.3. The van der Waals surface area contributed by atoms with Crippen LogP contribution in [0.25, 0.3) is 10.8 Å². The number of likely N-dealkylation sites (tertiary alicyclic amines) is 1. The van der Waals surface area contributed by atoms with E-state index in [1.54, 1.807) is 24.3 Å². The Hall–Kier alpha value is -5.56. The van der Waals surface area contributed by atoms with E-state index < -0.39 is 73.1 Å². The van der Waals surface area contributed by atoms with Crippen molar-refractivity contribution in [3.63, 3.8) is 0 Å². The van der Waals surface area contributed by atoms with E-state index in [1.165, 1.54) is 12.1 Å². The third-order valence-electron chi connectivity index (χ3n) is 12.3. The quantitative estimate of drug-likeness (QED) is 0.0190. The summed E-state index contributed by atoms with van der Waals surface area (Å²) in [4.78, 5) is 115. The fourth-order valence-corrected chi connectivity index (χ4v) is 8.61. The number of β-amino-alcohol motifs (C(OH)–C–C–N with tert-alkyl or cyclic N) is 1. The summed E-state index contributed by atoms with van der Waals surface area (Å²) in [5, 5.41) is 41.4. The minimum Gasteiger partial charge on any atom is -0.426 e. The second-order valence-corrected chi connectivity index (χ2v) is 18.0. The van der Waals surface area contributed by atoms with E-state index in [0.29, 0.717) is 101 Å². The molecule has 0 bridgehead atoms. The van der Waals surface area contributed by atoms with Gasteiger partial charge in [-0.2, -0.15) is 0 Å². The van der Waals surface area contributed by atoms with Crippen molar-refractivity contribution in [3.8, 4) is 0 Å². The van der Waals surface area contributed by atoms with Gasteiger partial charge in [-0.05, 0) is 61.4 Å². The predicted octanol–water partition coefficient (Wildman–Crippen LogP) is -6.61.